The number of halogens is 1. The SMILES string of the molecule is O=C(O)C1CN(C(=O)c2ccccc2-c2ccc(F)cc2)CC12CCOCC2. The van der Waals surface area contributed by atoms with E-state index >= 15 is 0 Å². The second kappa shape index (κ2) is 7.36. The van der Waals surface area contributed by atoms with Crippen LogP contribution in [0.25, 0.3) is 11.1 Å². The summed E-state index contributed by atoms with van der Waals surface area (Å²) < 4.78 is 18.7. The van der Waals surface area contributed by atoms with Gasteiger partial charge in [0.15, 0.2) is 0 Å². The second-order valence-electron chi connectivity index (χ2n) is 7.60. The molecule has 0 aromatic heterocycles. The molecule has 1 amide bonds. The number of amides is 1. The number of hydrogen-bond acceptors (Lipinski definition) is 3. The maximum absolute atomic E-state index is 13.3. The molecule has 4 rings (SSSR count). The van der Waals surface area contributed by atoms with Crippen LogP contribution < -0.4 is 0 Å². The van der Waals surface area contributed by atoms with Crippen LogP contribution in [0.15, 0.2) is 48.5 Å². The van der Waals surface area contributed by atoms with Crippen LogP contribution in [0, 0.1) is 17.2 Å². The van der Waals surface area contributed by atoms with Gasteiger partial charge >= 0.3 is 5.97 Å². The van der Waals surface area contributed by atoms with E-state index in [4.69, 9.17) is 4.74 Å². The summed E-state index contributed by atoms with van der Waals surface area (Å²) in [6.07, 6.45) is 1.29. The van der Waals surface area contributed by atoms with Crippen molar-refractivity contribution in [1.82, 2.24) is 4.90 Å². The number of carboxylic acid groups (broad SMARTS) is 1. The molecule has 2 aromatic carbocycles. The number of rotatable bonds is 3. The predicted octanol–water partition coefficient (Wildman–Crippen LogP) is 3.45. The largest absolute Gasteiger partial charge is 0.481 e. The summed E-state index contributed by atoms with van der Waals surface area (Å²) >= 11 is 0. The van der Waals surface area contributed by atoms with E-state index in [1.165, 1.54) is 12.1 Å². The van der Waals surface area contributed by atoms with E-state index in [-0.39, 0.29) is 18.3 Å². The number of nitrogens with zero attached hydrogens (tertiary/aromatic N) is 1. The molecule has 2 fully saturated rings. The van der Waals surface area contributed by atoms with Gasteiger partial charge in [-0.3, -0.25) is 9.59 Å². The number of aliphatic carboxylic acids is 1. The highest BCUT2D eigenvalue weighted by atomic mass is 19.1. The van der Waals surface area contributed by atoms with Crippen molar-refractivity contribution in [2.24, 2.45) is 11.3 Å². The van der Waals surface area contributed by atoms with Gasteiger partial charge in [0.05, 0.1) is 5.92 Å². The zero-order valence-electron chi connectivity index (χ0n) is 15.4. The van der Waals surface area contributed by atoms with Crippen molar-refractivity contribution in [3.63, 3.8) is 0 Å². The zero-order valence-corrected chi connectivity index (χ0v) is 15.4. The van der Waals surface area contributed by atoms with Gasteiger partial charge in [0.2, 0.25) is 0 Å². The lowest BCUT2D eigenvalue weighted by molar-refractivity contribution is -0.146. The molecule has 2 heterocycles. The fraction of sp³-hybridized carbons (Fsp3) is 0.364. The van der Waals surface area contributed by atoms with Crippen molar-refractivity contribution < 1.29 is 23.8 Å². The zero-order chi connectivity index (χ0) is 19.7. The van der Waals surface area contributed by atoms with Gasteiger partial charge in [0, 0.05) is 37.3 Å². The highest BCUT2D eigenvalue weighted by Crippen LogP contribution is 2.45. The van der Waals surface area contributed by atoms with Crippen LogP contribution in [0.4, 0.5) is 4.39 Å². The van der Waals surface area contributed by atoms with Crippen molar-refractivity contribution in [2.45, 2.75) is 12.8 Å². The monoisotopic (exact) mass is 383 g/mol. The van der Waals surface area contributed by atoms with Crippen molar-refractivity contribution >= 4 is 11.9 Å². The molecule has 5 nitrogen and oxygen atoms in total. The van der Waals surface area contributed by atoms with Crippen molar-refractivity contribution in [3.8, 4) is 11.1 Å². The Bertz CT molecular complexity index is 890. The Morgan fingerprint density at radius 1 is 1.07 bits per heavy atom. The van der Waals surface area contributed by atoms with Gasteiger partial charge in [0.25, 0.3) is 5.91 Å². The molecule has 6 heteroatoms. The topological polar surface area (TPSA) is 66.8 Å². The van der Waals surface area contributed by atoms with Gasteiger partial charge in [-0.2, -0.15) is 0 Å². The van der Waals surface area contributed by atoms with Gasteiger partial charge in [-0.25, -0.2) is 4.39 Å². The lowest BCUT2D eigenvalue weighted by Gasteiger charge is -2.36. The van der Waals surface area contributed by atoms with E-state index in [0.717, 1.165) is 5.56 Å². The average Bonchev–Trinajstić information content (AvgIpc) is 3.07. The van der Waals surface area contributed by atoms with Crippen LogP contribution in [0.2, 0.25) is 0 Å². The molecule has 2 aliphatic rings. The van der Waals surface area contributed by atoms with E-state index in [0.29, 0.717) is 43.7 Å². The summed E-state index contributed by atoms with van der Waals surface area (Å²) in [5.41, 5.74) is 1.54. The highest BCUT2D eigenvalue weighted by Gasteiger charge is 2.52. The Morgan fingerprint density at radius 3 is 2.43 bits per heavy atom. The number of carboxylic acids is 1. The van der Waals surface area contributed by atoms with E-state index in [1.807, 2.05) is 12.1 Å². The number of ether oxygens (including phenoxy) is 1. The van der Waals surface area contributed by atoms with Gasteiger partial charge < -0.3 is 14.7 Å². The van der Waals surface area contributed by atoms with Gasteiger partial charge in [-0.15, -0.1) is 0 Å². The summed E-state index contributed by atoms with van der Waals surface area (Å²) in [6.45, 7) is 1.67. The first kappa shape index (κ1) is 18.6. The molecule has 2 saturated heterocycles. The van der Waals surface area contributed by atoms with Crippen LogP contribution in [0.5, 0.6) is 0 Å². The third kappa shape index (κ3) is 3.29. The first-order chi connectivity index (χ1) is 13.5. The van der Waals surface area contributed by atoms with Crippen molar-refractivity contribution in [1.29, 1.82) is 0 Å². The van der Waals surface area contributed by atoms with Crippen LogP contribution in [0.3, 0.4) is 0 Å². The molecule has 0 aliphatic carbocycles. The van der Waals surface area contributed by atoms with Gasteiger partial charge in [-0.1, -0.05) is 30.3 Å². The minimum Gasteiger partial charge on any atom is -0.481 e. The molecule has 0 bridgehead atoms. The molecule has 28 heavy (non-hydrogen) atoms. The maximum atomic E-state index is 13.3. The normalized spacial score (nSPS) is 21.0. The summed E-state index contributed by atoms with van der Waals surface area (Å²) in [6, 6.07) is 13.2. The number of carbonyl (C=O) groups excluding carboxylic acids is 1. The molecular formula is C22H22FNO4. The minimum absolute atomic E-state index is 0.186. The molecule has 0 radical (unpaired) electrons. The molecule has 2 aliphatic heterocycles. The first-order valence-corrected chi connectivity index (χ1v) is 9.45. The molecule has 1 unspecified atom stereocenters. The van der Waals surface area contributed by atoms with Crippen molar-refractivity contribution in [3.05, 3.63) is 59.9 Å². The molecular weight excluding hydrogens is 361 g/mol. The summed E-state index contributed by atoms with van der Waals surface area (Å²) in [4.78, 5) is 26.9. The summed E-state index contributed by atoms with van der Waals surface area (Å²) in [5, 5.41) is 9.75. The smallest absolute Gasteiger partial charge is 0.308 e. The lowest BCUT2D eigenvalue weighted by atomic mass is 9.72. The number of hydrogen-bond donors (Lipinski definition) is 1. The fourth-order valence-electron chi connectivity index (χ4n) is 4.47. The maximum Gasteiger partial charge on any atom is 0.308 e. The molecule has 146 valence electrons. The van der Waals surface area contributed by atoms with Crippen LogP contribution in [-0.2, 0) is 9.53 Å². The Labute approximate surface area is 162 Å². The molecule has 1 atom stereocenters. The van der Waals surface area contributed by atoms with Crippen LogP contribution in [0.1, 0.15) is 23.2 Å². The van der Waals surface area contributed by atoms with Crippen LogP contribution >= 0.6 is 0 Å². The van der Waals surface area contributed by atoms with E-state index in [1.54, 1.807) is 29.2 Å². The third-order valence-corrected chi connectivity index (χ3v) is 6.03. The fourth-order valence-corrected chi connectivity index (χ4v) is 4.47. The van der Waals surface area contributed by atoms with E-state index < -0.39 is 17.3 Å². The Morgan fingerprint density at radius 2 is 1.75 bits per heavy atom. The lowest BCUT2D eigenvalue weighted by Crippen LogP contribution is -2.40. The molecule has 2 aromatic rings. The average molecular weight is 383 g/mol. The predicted molar refractivity (Wildman–Crippen MR) is 101 cm³/mol. The second-order valence-corrected chi connectivity index (χ2v) is 7.60. The third-order valence-electron chi connectivity index (χ3n) is 6.03. The first-order valence-electron chi connectivity index (χ1n) is 9.45. The van der Waals surface area contributed by atoms with E-state index in [2.05, 4.69) is 0 Å². The molecule has 1 N–H and O–H groups in total. The van der Waals surface area contributed by atoms with Gasteiger partial charge in [0.1, 0.15) is 5.82 Å². The summed E-state index contributed by atoms with van der Waals surface area (Å²) in [5.74, 6) is -1.96. The Hall–Kier alpha value is -2.73. The van der Waals surface area contributed by atoms with Crippen molar-refractivity contribution in [2.75, 3.05) is 26.3 Å². The highest BCUT2D eigenvalue weighted by molar-refractivity contribution is 6.01. The number of carbonyl (C=O) groups is 2. The number of benzene rings is 2. The Kier molecular flexibility index (Phi) is 4.89. The standard InChI is InChI=1S/C22H22FNO4/c23-16-7-5-15(6-8-16)17-3-1-2-4-18(17)20(25)24-13-19(21(26)27)22(14-24)9-11-28-12-10-22/h1-8,19H,9-14H2,(H,26,27). The summed E-state index contributed by atoms with van der Waals surface area (Å²) in [7, 11) is 0. The molecule has 0 saturated carbocycles. The number of likely N-dealkylation sites (tertiary alicyclic amines) is 1. The minimum atomic E-state index is -0.857. The van der Waals surface area contributed by atoms with E-state index in [9.17, 15) is 19.1 Å². The quantitative estimate of drug-likeness (QED) is 0.882. The van der Waals surface area contributed by atoms with Gasteiger partial charge in [-0.05, 0) is 42.2 Å². The Balaban J connectivity index is 1.65. The van der Waals surface area contributed by atoms with Crippen LogP contribution in [-0.4, -0.2) is 48.2 Å². The molecule has 1 spiro atoms.